The quantitative estimate of drug-likeness (QED) is 0.0189. The molecule has 1 radical (unpaired) electrons. The number of aliphatic carboxylic acids is 2. The number of aliphatic hydroxyl groups excluding tert-OH is 3. The van der Waals surface area contributed by atoms with Gasteiger partial charge in [0, 0.05) is 68.4 Å². The molecule has 0 spiro atoms. The minimum Gasteiger partial charge on any atom is -0.870 e. The van der Waals surface area contributed by atoms with Crippen molar-refractivity contribution in [1.82, 2.24) is 40.3 Å². The number of nitrogens with zero attached hydrogens (tertiary/aromatic N) is 7. The molecule has 10 rings (SSSR count). The van der Waals surface area contributed by atoms with Gasteiger partial charge in [-0.15, -0.1) is 0 Å². The molecule has 0 aliphatic carbocycles. The van der Waals surface area contributed by atoms with Crippen LogP contribution in [-0.2, 0) is 66.9 Å². The minimum atomic E-state index is -1.15. The second kappa shape index (κ2) is 46.4. The van der Waals surface area contributed by atoms with Crippen molar-refractivity contribution >= 4 is 108 Å². The van der Waals surface area contributed by atoms with Gasteiger partial charge in [0.15, 0.2) is 13.0 Å². The van der Waals surface area contributed by atoms with Crippen LogP contribution in [0.4, 0.5) is 0 Å². The fraction of sp³-hybridized carbons (Fsp3) is 0.590. The number of carboxylic acid groups (broad SMARTS) is 2. The molecule has 11 atom stereocenters. The number of rotatable bonds is 20. The maximum absolute atomic E-state index is 13.8. The summed E-state index contributed by atoms with van der Waals surface area (Å²) in [4.78, 5) is 134. The number of β-amino-alcohol motifs (C(OH)–C–C–N with tert-alkyl or cyclic N) is 3. The van der Waals surface area contributed by atoms with Crippen LogP contribution >= 0.6 is 11.6 Å². The Labute approximate surface area is 719 Å². The smallest absolute Gasteiger partial charge is 0.870 e. The van der Waals surface area contributed by atoms with E-state index in [4.69, 9.17) is 60.4 Å². The zero-order valence-corrected chi connectivity index (χ0v) is 73.6. The number of hydrogen-bond donors (Lipinski definition) is 8. The van der Waals surface area contributed by atoms with E-state index in [-0.39, 0.29) is 99.4 Å². The zero-order valence-electron chi connectivity index (χ0n) is 72.9. The van der Waals surface area contributed by atoms with Crippen LogP contribution in [0, 0.1) is 47.8 Å². The van der Waals surface area contributed by atoms with Gasteiger partial charge in [-0.2, -0.15) is 0 Å². The van der Waals surface area contributed by atoms with E-state index in [0.717, 1.165) is 34.5 Å². The van der Waals surface area contributed by atoms with Crippen LogP contribution in [0.3, 0.4) is 0 Å². The molecule has 4 aromatic heterocycles. The minimum absolute atomic E-state index is 0. The van der Waals surface area contributed by atoms with Crippen LogP contribution in [-0.4, -0.2) is 245 Å². The number of fused-ring (bicyclic) bond motifs is 2. The van der Waals surface area contributed by atoms with Crippen LogP contribution in [0.25, 0.3) is 44.7 Å². The Morgan fingerprint density at radius 2 is 1.02 bits per heavy atom. The second-order valence-corrected chi connectivity index (χ2v) is 35.2. The molecular formula is C83H120B2ClLiN9O24. The van der Waals surface area contributed by atoms with Crippen molar-refractivity contribution < 1.29 is 136 Å². The van der Waals surface area contributed by atoms with Crippen molar-refractivity contribution in [3.63, 3.8) is 0 Å². The first-order chi connectivity index (χ1) is 54.8. The number of halogens is 1. The summed E-state index contributed by atoms with van der Waals surface area (Å²) in [7, 11) is 3.41. The number of amides is 3. The summed E-state index contributed by atoms with van der Waals surface area (Å²) in [5.74, 6) is -6.75. The number of nitrogens with two attached hydrogens (primary N) is 1. The Balaban J connectivity index is 0.000000402. The standard InChI is InChI=1S/C30H37N3O7.C17H29NO6.C14H23BNO5.C13H9ClN2O.C6H11NO3.C3H10BNO.Li.H2O/c1-17-25-26(40-32-17)23(15-21(31-25)18-11-9-8-10-12-18)38-19-13-22(28(36)37)33(16-19)27(35)20(29(2,3)4)14-24(34)39-30(5,6)7;1-16(2,3)11(8-13(20)24-17(4,5)6)14(21)18-9-10(19)7-12(18)15(22)23;1-14(2,3)10(6-15-8-17)12(19)16-7-9(18)5-11(16)13(20)21-4;1-8-12-13(17-16-8)10(14)7-11(15-12)9-5-3-2-4-6-9;1-10-6(9)5-2-4(8)3-7-5;1-2-3-4(5)6;;/h8-12,15,19-20,22H,13-14,16H2,1-7H3,(H,36,37);10-12,19H,7-9H2,1-6H3,(H,22,23);8-11,18H,5-7H2,1-4H3;2-7H,1H3;4-5,7-8H,2-3H2,1H3;6H,2-3,5H2,1H3;;1H2/q;;;;;;+1;/p-1/t19-,20-,22+;10-,11-,12+;9-,10-,11+;;4-,5+;;;/m111.1.../s1. The molecule has 33 nitrogen and oxygen atoms in total. The van der Waals surface area contributed by atoms with Gasteiger partial charge in [-0.3, -0.25) is 28.8 Å². The van der Waals surface area contributed by atoms with Crippen molar-refractivity contribution in [3.05, 3.63) is 89.2 Å². The van der Waals surface area contributed by atoms with Crippen LogP contribution in [0.15, 0.2) is 81.8 Å². The number of aryl methyl sites for hydroxylation is 2. The molecule has 4 aliphatic heterocycles. The van der Waals surface area contributed by atoms with Gasteiger partial charge in [0.25, 0.3) is 0 Å². The molecule has 0 unspecified atom stereocenters. The largest absolute Gasteiger partial charge is 1.00 e. The van der Waals surface area contributed by atoms with E-state index < -0.39 is 131 Å². The molecule has 37 heteroatoms. The van der Waals surface area contributed by atoms with E-state index in [2.05, 4.69) is 25.4 Å². The maximum Gasteiger partial charge on any atom is 1.00 e. The first kappa shape index (κ1) is 105. The Hall–Kier alpha value is -8.88. The molecule has 3 amide bonds. The molecule has 655 valence electrons. The number of likely N-dealkylation sites (tertiary alicyclic amines) is 3. The van der Waals surface area contributed by atoms with Gasteiger partial charge in [0.2, 0.25) is 28.9 Å². The zero-order chi connectivity index (χ0) is 88.9. The number of esters is 4. The van der Waals surface area contributed by atoms with Crippen LogP contribution in [0.5, 0.6) is 5.75 Å². The number of nitrogens with one attached hydrogen (secondary N) is 1. The molecule has 4 aliphatic rings. The van der Waals surface area contributed by atoms with Crippen molar-refractivity contribution in [2.45, 2.75) is 242 Å². The van der Waals surface area contributed by atoms with Gasteiger partial charge >= 0.3 is 61.7 Å². The molecule has 0 saturated carbocycles. The predicted molar refractivity (Wildman–Crippen MR) is 444 cm³/mol. The second-order valence-electron chi connectivity index (χ2n) is 34.8. The van der Waals surface area contributed by atoms with Crippen LogP contribution in [0.1, 0.15) is 167 Å². The van der Waals surface area contributed by atoms with Gasteiger partial charge in [-0.05, 0) is 84.0 Å². The molecule has 4 fully saturated rings. The molecule has 4 saturated heterocycles. The van der Waals surface area contributed by atoms with E-state index in [1.807, 2.05) is 137 Å². The summed E-state index contributed by atoms with van der Waals surface area (Å²) < 4.78 is 36.9. The fourth-order valence-electron chi connectivity index (χ4n) is 13.4. The van der Waals surface area contributed by atoms with E-state index in [1.54, 1.807) is 60.6 Å². The number of carbonyl (C=O) groups excluding carboxylic acids is 8. The maximum atomic E-state index is 13.8. The molecule has 6 aromatic rings. The Morgan fingerprint density at radius 3 is 1.41 bits per heavy atom. The molecule has 2 aromatic carbocycles. The van der Waals surface area contributed by atoms with Crippen molar-refractivity contribution in [2.24, 2.45) is 39.6 Å². The van der Waals surface area contributed by atoms with Gasteiger partial charge in [-0.1, -0.05) is 165 Å². The average Bonchev–Trinajstić information content (AvgIpc) is 1.62. The number of methoxy groups -OCH3 is 2. The number of carboxylic acids is 2. The first-order valence-electron chi connectivity index (χ1n) is 39.3. The number of hydrogen-bond acceptors (Lipinski definition) is 28. The van der Waals surface area contributed by atoms with E-state index in [1.165, 1.54) is 36.2 Å². The van der Waals surface area contributed by atoms with Crippen LogP contribution < -0.4 is 34.6 Å². The third-order valence-electron chi connectivity index (χ3n) is 19.5. The number of carbonyl (C=O) groups is 10. The molecule has 8 heterocycles. The number of benzene rings is 2. The van der Waals surface area contributed by atoms with E-state index in [9.17, 15) is 68.4 Å². The molecule has 10 N–H and O–H groups in total. The third kappa shape index (κ3) is 31.5. The predicted octanol–water partition coefficient (Wildman–Crippen LogP) is 5.94. The first-order valence-corrected chi connectivity index (χ1v) is 39.6. The summed E-state index contributed by atoms with van der Waals surface area (Å²) >= 11 is 6.15. The number of ether oxygens (including phenoxy) is 5. The summed E-state index contributed by atoms with van der Waals surface area (Å²) in [6, 6.07) is 19.8. The molecular weight excluding hydrogens is 1570 g/mol. The Bertz CT molecular complexity index is 4370. The van der Waals surface area contributed by atoms with Crippen molar-refractivity contribution in [3.8, 4) is 28.3 Å². The van der Waals surface area contributed by atoms with Crippen molar-refractivity contribution in [2.75, 3.05) is 40.4 Å². The van der Waals surface area contributed by atoms with Crippen molar-refractivity contribution in [1.29, 1.82) is 0 Å². The van der Waals surface area contributed by atoms with E-state index >= 15 is 0 Å². The number of aromatic nitrogens is 4. The van der Waals surface area contributed by atoms with Crippen LogP contribution in [0.2, 0.25) is 17.7 Å². The van der Waals surface area contributed by atoms with Gasteiger partial charge < -0.3 is 99.2 Å². The summed E-state index contributed by atoms with van der Waals surface area (Å²) in [6.45, 7) is 33.5. The summed E-state index contributed by atoms with van der Waals surface area (Å²) in [5.41, 5.74) is 8.96. The Morgan fingerprint density at radius 1 is 0.608 bits per heavy atom. The SMILES string of the molecule is CC(C)(C)OC(=O)C[C@H](C(=O)N1C[C@H](O)C[C@H]1C(=O)O)C(C)(C)C.CCCB(N)O.COC(=O)[C@@H]1C[C@@H](O)CN1.COC(=O)[C@@H]1C[C@@H](O)CN1C(=O)[C@@H](C[B]C=O)C(C)(C)C.Cc1noc2c(Cl)cc(-c3ccccc3)nc12.Cc1noc2c(O[C@@H]3C[C@@H](C(=O)O)N(C(=O)[C@@H](CC(=O)OC(C)(C)C)C(C)(C)C)C3)cc(-c3ccccc3)nc12.[Li+].[OH-]. The number of aliphatic hydroxyl groups is 3. The van der Waals surface area contributed by atoms with Gasteiger partial charge in [0.05, 0.1) is 86.3 Å². The average molecular weight is 1690 g/mol. The van der Waals surface area contributed by atoms with Gasteiger partial charge in [0.1, 0.15) is 63.9 Å². The summed E-state index contributed by atoms with van der Waals surface area (Å²) in [5, 5.41) is 67.4. The molecule has 120 heavy (non-hydrogen) atoms. The fourth-order valence-corrected chi connectivity index (χ4v) is 13.6. The molecule has 0 bridgehead atoms. The van der Waals surface area contributed by atoms with E-state index in [0.29, 0.717) is 70.6 Å². The monoisotopic (exact) mass is 1690 g/mol. The Kier molecular flexibility index (Phi) is 40.7. The summed E-state index contributed by atoms with van der Waals surface area (Å²) in [6.07, 6.45) is 0.468. The van der Waals surface area contributed by atoms with Gasteiger partial charge in [-0.25, -0.2) is 24.4 Å². The normalized spacial score (nSPS) is 19.6. The number of pyridine rings is 2. The third-order valence-corrected chi connectivity index (χ3v) is 19.8. The topological polar surface area (TPSA) is 494 Å².